The molecule has 1 atom stereocenters. The summed E-state index contributed by atoms with van der Waals surface area (Å²) >= 11 is 0. The second-order valence-electron chi connectivity index (χ2n) is 5.82. The van der Waals surface area contributed by atoms with Gasteiger partial charge in [0.05, 0.1) is 6.54 Å². The van der Waals surface area contributed by atoms with Crippen LogP contribution in [0.4, 0.5) is 0 Å². The molecule has 0 saturated carbocycles. The number of rotatable bonds is 8. The summed E-state index contributed by atoms with van der Waals surface area (Å²) in [6.45, 7) is 7.50. The molecule has 1 unspecified atom stereocenters. The molecule has 0 saturated heterocycles. The molecule has 0 aliphatic carbocycles. The van der Waals surface area contributed by atoms with Crippen LogP contribution in [0.15, 0.2) is 39.8 Å². The van der Waals surface area contributed by atoms with E-state index in [-0.39, 0.29) is 24.0 Å². The SMILES string of the molecule is CCNC(=NCCc1nc(C)no1)NC(C)CCc1ccccc1.I. The highest BCUT2D eigenvalue weighted by molar-refractivity contribution is 14.0. The van der Waals surface area contributed by atoms with E-state index in [9.17, 15) is 0 Å². The van der Waals surface area contributed by atoms with Gasteiger partial charge in [-0.05, 0) is 39.2 Å². The third-order valence-corrected chi connectivity index (χ3v) is 3.60. The van der Waals surface area contributed by atoms with Crippen LogP contribution in [0.25, 0.3) is 0 Å². The summed E-state index contributed by atoms with van der Waals surface area (Å²) in [5, 5.41) is 10.5. The van der Waals surface area contributed by atoms with Crippen molar-refractivity contribution in [3.8, 4) is 0 Å². The zero-order valence-corrected chi connectivity index (χ0v) is 17.5. The second kappa shape index (κ2) is 11.8. The number of aromatic nitrogens is 2. The number of hydrogen-bond donors (Lipinski definition) is 2. The summed E-state index contributed by atoms with van der Waals surface area (Å²) in [5.41, 5.74) is 1.36. The van der Waals surface area contributed by atoms with Crippen molar-refractivity contribution in [2.45, 2.75) is 46.1 Å². The van der Waals surface area contributed by atoms with Crippen molar-refractivity contribution in [1.82, 2.24) is 20.8 Å². The van der Waals surface area contributed by atoms with E-state index in [2.05, 4.69) is 63.9 Å². The van der Waals surface area contributed by atoms with E-state index >= 15 is 0 Å². The zero-order chi connectivity index (χ0) is 17.2. The first kappa shape index (κ1) is 21.4. The van der Waals surface area contributed by atoms with Gasteiger partial charge in [0.2, 0.25) is 5.89 Å². The molecule has 0 bridgehead atoms. The molecule has 138 valence electrons. The summed E-state index contributed by atoms with van der Waals surface area (Å²) in [7, 11) is 0. The number of guanidine groups is 1. The van der Waals surface area contributed by atoms with Gasteiger partial charge in [-0.15, -0.1) is 24.0 Å². The highest BCUT2D eigenvalue weighted by Crippen LogP contribution is 2.04. The molecule has 2 rings (SSSR count). The predicted molar refractivity (Wildman–Crippen MR) is 111 cm³/mol. The number of benzene rings is 1. The molecular weight excluding hydrogens is 429 g/mol. The third-order valence-electron chi connectivity index (χ3n) is 3.60. The Kier molecular flexibility index (Phi) is 10.1. The largest absolute Gasteiger partial charge is 0.357 e. The lowest BCUT2D eigenvalue weighted by Crippen LogP contribution is -2.42. The van der Waals surface area contributed by atoms with Gasteiger partial charge in [0.1, 0.15) is 0 Å². The predicted octanol–water partition coefficient (Wildman–Crippen LogP) is 3.11. The summed E-state index contributed by atoms with van der Waals surface area (Å²) < 4.78 is 5.10. The van der Waals surface area contributed by atoms with Crippen LogP contribution >= 0.6 is 24.0 Å². The van der Waals surface area contributed by atoms with Gasteiger partial charge in [0, 0.05) is 19.0 Å². The van der Waals surface area contributed by atoms with Crippen molar-refractivity contribution in [2.24, 2.45) is 4.99 Å². The zero-order valence-electron chi connectivity index (χ0n) is 15.2. The monoisotopic (exact) mass is 457 g/mol. The van der Waals surface area contributed by atoms with Crippen LogP contribution in [0.5, 0.6) is 0 Å². The van der Waals surface area contributed by atoms with Gasteiger partial charge in [0.25, 0.3) is 0 Å². The van der Waals surface area contributed by atoms with E-state index in [0.717, 1.165) is 25.3 Å². The molecule has 1 aromatic carbocycles. The van der Waals surface area contributed by atoms with Crippen molar-refractivity contribution in [2.75, 3.05) is 13.1 Å². The van der Waals surface area contributed by atoms with E-state index in [4.69, 9.17) is 4.52 Å². The molecular formula is C18H28IN5O. The average Bonchev–Trinajstić information content (AvgIpc) is 2.99. The van der Waals surface area contributed by atoms with Crippen molar-refractivity contribution in [1.29, 1.82) is 0 Å². The topological polar surface area (TPSA) is 75.3 Å². The van der Waals surface area contributed by atoms with Crippen LogP contribution in [-0.4, -0.2) is 35.2 Å². The average molecular weight is 457 g/mol. The van der Waals surface area contributed by atoms with Gasteiger partial charge in [-0.2, -0.15) is 4.98 Å². The normalized spacial score (nSPS) is 12.4. The van der Waals surface area contributed by atoms with Gasteiger partial charge in [-0.1, -0.05) is 35.5 Å². The first-order chi connectivity index (χ1) is 11.7. The van der Waals surface area contributed by atoms with E-state index in [1.54, 1.807) is 0 Å². The molecule has 0 spiro atoms. The highest BCUT2D eigenvalue weighted by Gasteiger charge is 2.06. The Bertz CT molecular complexity index is 629. The number of nitrogens with zero attached hydrogens (tertiary/aromatic N) is 3. The van der Waals surface area contributed by atoms with Crippen LogP contribution in [0, 0.1) is 6.92 Å². The highest BCUT2D eigenvalue weighted by atomic mass is 127. The molecule has 0 amide bonds. The molecule has 7 heteroatoms. The molecule has 25 heavy (non-hydrogen) atoms. The van der Waals surface area contributed by atoms with Crippen LogP contribution < -0.4 is 10.6 Å². The van der Waals surface area contributed by atoms with Gasteiger partial charge in [0.15, 0.2) is 11.8 Å². The maximum atomic E-state index is 5.10. The van der Waals surface area contributed by atoms with E-state index in [1.807, 2.05) is 13.0 Å². The van der Waals surface area contributed by atoms with Crippen LogP contribution in [0.2, 0.25) is 0 Å². The molecule has 2 N–H and O–H groups in total. The maximum absolute atomic E-state index is 5.10. The van der Waals surface area contributed by atoms with Crippen LogP contribution in [0.3, 0.4) is 0 Å². The quantitative estimate of drug-likeness (QED) is 0.362. The smallest absolute Gasteiger partial charge is 0.228 e. The number of nitrogens with one attached hydrogen (secondary N) is 2. The Labute approximate surface area is 166 Å². The van der Waals surface area contributed by atoms with Gasteiger partial charge < -0.3 is 15.2 Å². The fraction of sp³-hybridized carbons (Fsp3) is 0.500. The van der Waals surface area contributed by atoms with Crippen molar-refractivity contribution >= 4 is 29.9 Å². The van der Waals surface area contributed by atoms with Gasteiger partial charge in [-0.25, -0.2) is 0 Å². The summed E-state index contributed by atoms with van der Waals surface area (Å²) in [5.74, 6) is 2.12. The second-order valence-corrected chi connectivity index (χ2v) is 5.82. The molecule has 0 radical (unpaired) electrons. The fourth-order valence-corrected chi connectivity index (χ4v) is 2.36. The standard InChI is InChI=1S/C18H27N5O.HI/c1-4-19-18(20-13-12-17-22-15(3)23-24-17)21-14(2)10-11-16-8-6-5-7-9-16;/h5-9,14H,4,10-13H2,1-3H3,(H2,19,20,21);1H. The lowest BCUT2D eigenvalue weighted by Gasteiger charge is -2.17. The van der Waals surface area contributed by atoms with Crippen LogP contribution in [0.1, 0.15) is 37.5 Å². The minimum atomic E-state index is 0. The number of halogens is 1. The van der Waals surface area contributed by atoms with Gasteiger partial charge >= 0.3 is 0 Å². The Morgan fingerprint density at radius 1 is 1.24 bits per heavy atom. The summed E-state index contributed by atoms with van der Waals surface area (Å²) in [4.78, 5) is 8.77. The van der Waals surface area contributed by atoms with Crippen LogP contribution in [-0.2, 0) is 12.8 Å². The lowest BCUT2D eigenvalue weighted by atomic mass is 10.1. The number of aliphatic imine (C=N–C) groups is 1. The van der Waals surface area contributed by atoms with E-state index in [1.165, 1.54) is 5.56 Å². The lowest BCUT2D eigenvalue weighted by molar-refractivity contribution is 0.376. The Morgan fingerprint density at radius 3 is 2.64 bits per heavy atom. The minimum absolute atomic E-state index is 0. The molecule has 6 nitrogen and oxygen atoms in total. The Hall–Kier alpha value is -1.64. The first-order valence-electron chi connectivity index (χ1n) is 8.55. The third kappa shape index (κ3) is 8.33. The van der Waals surface area contributed by atoms with Crippen molar-refractivity contribution in [3.63, 3.8) is 0 Å². The minimum Gasteiger partial charge on any atom is -0.357 e. The molecule has 1 heterocycles. The summed E-state index contributed by atoms with van der Waals surface area (Å²) in [6.07, 6.45) is 2.75. The molecule has 0 aliphatic rings. The molecule has 0 aliphatic heterocycles. The summed E-state index contributed by atoms with van der Waals surface area (Å²) in [6, 6.07) is 10.9. The van der Waals surface area contributed by atoms with Crippen molar-refractivity contribution in [3.05, 3.63) is 47.6 Å². The van der Waals surface area contributed by atoms with E-state index in [0.29, 0.717) is 30.7 Å². The Morgan fingerprint density at radius 2 is 2.00 bits per heavy atom. The van der Waals surface area contributed by atoms with E-state index < -0.39 is 0 Å². The molecule has 1 aromatic heterocycles. The van der Waals surface area contributed by atoms with Gasteiger partial charge in [-0.3, -0.25) is 4.99 Å². The number of hydrogen-bond acceptors (Lipinski definition) is 4. The Balaban J connectivity index is 0.00000312. The molecule has 0 fully saturated rings. The van der Waals surface area contributed by atoms with Crippen molar-refractivity contribution < 1.29 is 4.52 Å². The number of aryl methyl sites for hydroxylation is 2. The first-order valence-corrected chi connectivity index (χ1v) is 8.55. The molecule has 2 aromatic rings. The fourth-order valence-electron chi connectivity index (χ4n) is 2.36. The maximum Gasteiger partial charge on any atom is 0.228 e.